The fourth-order valence-corrected chi connectivity index (χ4v) is 1.65. The van der Waals surface area contributed by atoms with Gasteiger partial charge in [-0.15, -0.1) is 0 Å². The average Bonchev–Trinajstić information content (AvgIpc) is 2.85. The Hall–Kier alpha value is -1.38. The van der Waals surface area contributed by atoms with Crippen molar-refractivity contribution in [1.29, 1.82) is 0 Å². The molecule has 0 N–H and O–H groups in total. The van der Waals surface area contributed by atoms with Crippen LogP contribution >= 0.6 is 0 Å². The number of para-hydroxylation sites is 1. The lowest BCUT2D eigenvalue weighted by molar-refractivity contribution is -0.386. The van der Waals surface area contributed by atoms with Gasteiger partial charge >= 0.3 is 0 Å². The van der Waals surface area contributed by atoms with Gasteiger partial charge in [-0.1, -0.05) is 18.2 Å². The van der Waals surface area contributed by atoms with Gasteiger partial charge in [-0.2, -0.15) is 0 Å². The third kappa shape index (κ3) is 1.41. The summed E-state index contributed by atoms with van der Waals surface area (Å²) >= 11 is 0. The van der Waals surface area contributed by atoms with Crippen LogP contribution in [0.3, 0.4) is 0 Å². The lowest BCUT2D eigenvalue weighted by Crippen LogP contribution is -1.96. The maximum Gasteiger partial charge on any atom is 0.275 e. The predicted octanol–water partition coefficient (Wildman–Crippen LogP) is 2.78. The second-order valence-electron chi connectivity index (χ2n) is 3.54. The summed E-state index contributed by atoms with van der Waals surface area (Å²) < 4.78 is 0. The summed E-state index contributed by atoms with van der Waals surface area (Å²) in [4.78, 5) is 10.5. The Kier molecular flexibility index (Phi) is 1.79. The van der Waals surface area contributed by atoms with Crippen molar-refractivity contribution in [2.75, 3.05) is 0 Å². The number of nitrogens with zero attached hydrogens (tertiary/aromatic N) is 1. The molecule has 0 spiro atoms. The summed E-state index contributed by atoms with van der Waals surface area (Å²) in [5.41, 5.74) is 2.02. The molecule has 0 saturated heterocycles. The molecular weight excluding hydrogens is 166 g/mol. The summed E-state index contributed by atoms with van der Waals surface area (Å²) in [5.74, 6) is 0.445. The highest BCUT2D eigenvalue weighted by Gasteiger charge is 2.31. The van der Waals surface area contributed by atoms with Crippen LogP contribution in [0.2, 0.25) is 0 Å². The van der Waals surface area contributed by atoms with Crippen LogP contribution in [-0.2, 0) is 0 Å². The van der Waals surface area contributed by atoms with Crippen molar-refractivity contribution in [3.8, 4) is 0 Å². The first-order valence-electron chi connectivity index (χ1n) is 4.44. The molecule has 3 nitrogen and oxygen atoms in total. The Labute approximate surface area is 76.5 Å². The van der Waals surface area contributed by atoms with Gasteiger partial charge in [-0.05, 0) is 25.7 Å². The Morgan fingerprint density at radius 1 is 1.46 bits per heavy atom. The minimum atomic E-state index is -0.261. The van der Waals surface area contributed by atoms with Gasteiger partial charge in [-0.25, -0.2) is 0 Å². The van der Waals surface area contributed by atoms with Crippen LogP contribution in [0.1, 0.15) is 29.9 Å². The van der Waals surface area contributed by atoms with Crippen LogP contribution < -0.4 is 0 Å². The van der Waals surface area contributed by atoms with E-state index in [2.05, 4.69) is 0 Å². The molecule has 0 radical (unpaired) electrons. The highest BCUT2D eigenvalue weighted by molar-refractivity contribution is 5.50. The van der Waals surface area contributed by atoms with Crippen molar-refractivity contribution in [1.82, 2.24) is 0 Å². The standard InChI is InChI=1S/C10H11NO2/c1-7-3-2-4-9(8-5-6-8)10(7)11(12)13/h2-4,8H,5-6H2,1H3. The van der Waals surface area contributed by atoms with Crippen molar-refractivity contribution in [3.05, 3.63) is 39.4 Å². The molecule has 1 fully saturated rings. The van der Waals surface area contributed by atoms with Crippen LogP contribution in [0.4, 0.5) is 5.69 Å². The summed E-state index contributed by atoms with van der Waals surface area (Å²) in [5, 5.41) is 10.8. The number of hydrogen-bond acceptors (Lipinski definition) is 2. The molecule has 68 valence electrons. The van der Waals surface area contributed by atoms with E-state index >= 15 is 0 Å². The molecule has 0 bridgehead atoms. The number of hydrogen-bond donors (Lipinski definition) is 0. The highest BCUT2D eigenvalue weighted by atomic mass is 16.6. The van der Waals surface area contributed by atoms with E-state index in [1.807, 2.05) is 12.1 Å². The van der Waals surface area contributed by atoms with Crippen LogP contribution in [0.15, 0.2) is 18.2 Å². The fraction of sp³-hybridized carbons (Fsp3) is 0.400. The Morgan fingerprint density at radius 2 is 2.15 bits per heavy atom. The zero-order valence-corrected chi connectivity index (χ0v) is 7.49. The first kappa shape index (κ1) is 8.23. The van der Waals surface area contributed by atoms with E-state index in [4.69, 9.17) is 0 Å². The molecule has 0 aromatic heterocycles. The predicted molar refractivity (Wildman–Crippen MR) is 49.8 cm³/mol. The van der Waals surface area contributed by atoms with E-state index < -0.39 is 0 Å². The molecule has 1 aromatic carbocycles. The third-order valence-electron chi connectivity index (χ3n) is 2.47. The molecule has 0 atom stereocenters. The fourth-order valence-electron chi connectivity index (χ4n) is 1.65. The molecule has 1 aliphatic rings. The van der Waals surface area contributed by atoms with E-state index in [0.717, 1.165) is 24.0 Å². The maximum atomic E-state index is 10.8. The molecule has 3 heteroatoms. The molecule has 13 heavy (non-hydrogen) atoms. The molecule has 0 amide bonds. The van der Waals surface area contributed by atoms with E-state index in [-0.39, 0.29) is 4.92 Å². The summed E-state index contributed by atoms with van der Waals surface area (Å²) in [7, 11) is 0. The van der Waals surface area contributed by atoms with Crippen LogP contribution in [0.5, 0.6) is 0 Å². The number of aryl methyl sites for hydroxylation is 1. The Bertz CT molecular complexity index is 356. The number of rotatable bonds is 2. The van der Waals surface area contributed by atoms with Crippen LogP contribution in [0.25, 0.3) is 0 Å². The maximum absolute atomic E-state index is 10.8. The summed E-state index contributed by atoms with van der Waals surface area (Å²) in [6, 6.07) is 5.57. The summed E-state index contributed by atoms with van der Waals surface area (Å²) in [6.45, 7) is 1.80. The minimum absolute atomic E-state index is 0.261. The van der Waals surface area contributed by atoms with Gasteiger partial charge in [-0.3, -0.25) is 10.1 Å². The van der Waals surface area contributed by atoms with Crippen molar-refractivity contribution in [2.24, 2.45) is 0 Å². The van der Waals surface area contributed by atoms with Gasteiger partial charge in [0.1, 0.15) is 0 Å². The molecule has 1 aliphatic carbocycles. The van der Waals surface area contributed by atoms with Crippen molar-refractivity contribution in [3.63, 3.8) is 0 Å². The van der Waals surface area contributed by atoms with Crippen LogP contribution in [0, 0.1) is 17.0 Å². The first-order chi connectivity index (χ1) is 6.20. The molecule has 1 aromatic rings. The van der Waals surface area contributed by atoms with Crippen molar-refractivity contribution in [2.45, 2.75) is 25.7 Å². The van der Waals surface area contributed by atoms with E-state index in [1.54, 1.807) is 13.0 Å². The average molecular weight is 177 g/mol. The van der Waals surface area contributed by atoms with E-state index in [1.165, 1.54) is 0 Å². The smallest absolute Gasteiger partial charge is 0.258 e. The number of nitro benzene ring substituents is 1. The van der Waals surface area contributed by atoms with Crippen molar-refractivity contribution < 1.29 is 4.92 Å². The monoisotopic (exact) mass is 177 g/mol. The second-order valence-corrected chi connectivity index (χ2v) is 3.54. The lowest BCUT2D eigenvalue weighted by atomic mass is 10.0. The SMILES string of the molecule is Cc1cccc(C2CC2)c1[N+](=O)[O-]. The quantitative estimate of drug-likeness (QED) is 0.515. The number of nitro groups is 1. The Morgan fingerprint density at radius 3 is 2.69 bits per heavy atom. The Balaban J connectivity index is 2.53. The van der Waals surface area contributed by atoms with Crippen LogP contribution in [-0.4, -0.2) is 4.92 Å². The van der Waals surface area contributed by atoms with E-state index in [0.29, 0.717) is 11.6 Å². The largest absolute Gasteiger partial charge is 0.275 e. The zero-order chi connectivity index (χ0) is 9.42. The minimum Gasteiger partial charge on any atom is -0.258 e. The van der Waals surface area contributed by atoms with Gasteiger partial charge in [0.2, 0.25) is 0 Å². The van der Waals surface area contributed by atoms with Crippen molar-refractivity contribution >= 4 is 5.69 Å². The van der Waals surface area contributed by atoms with Gasteiger partial charge in [0.05, 0.1) is 4.92 Å². The van der Waals surface area contributed by atoms with E-state index in [9.17, 15) is 10.1 Å². The third-order valence-corrected chi connectivity index (χ3v) is 2.47. The molecule has 0 unspecified atom stereocenters. The normalized spacial score (nSPS) is 15.8. The lowest BCUT2D eigenvalue weighted by Gasteiger charge is -2.02. The second kappa shape index (κ2) is 2.83. The topological polar surface area (TPSA) is 43.1 Å². The molecule has 0 heterocycles. The first-order valence-corrected chi connectivity index (χ1v) is 4.44. The van der Waals surface area contributed by atoms with Gasteiger partial charge in [0, 0.05) is 11.1 Å². The van der Waals surface area contributed by atoms with Gasteiger partial charge < -0.3 is 0 Å². The molecular formula is C10H11NO2. The molecule has 2 rings (SSSR count). The van der Waals surface area contributed by atoms with Gasteiger partial charge in [0.15, 0.2) is 0 Å². The van der Waals surface area contributed by atoms with Gasteiger partial charge in [0.25, 0.3) is 5.69 Å². The molecule has 1 saturated carbocycles. The zero-order valence-electron chi connectivity index (χ0n) is 7.49. The molecule has 0 aliphatic heterocycles. The highest BCUT2D eigenvalue weighted by Crippen LogP contribution is 2.44. The summed E-state index contributed by atoms with van der Waals surface area (Å²) in [6.07, 6.45) is 2.20. The number of benzene rings is 1.